The van der Waals surface area contributed by atoms with Gasteiger partial charge >= 0.3 is 0 Å². The Hall–Kier alpha value is -3.42. The fraction of sp³-hybridized carbons (Fsp3) is 0.160. The van der Waals surface area contributed by atoms with Gasteiger partial charge in [-0.05, 0) is 78.2 Å². The third-order valence-electron chi connectivity index (χ3n) is 4.41. The highest BCUT2D eigenvalue weighted by molar-refractivity contribution is 6.30. The Morgan fingerprint density at radius 1 is 0.967 bits per heavy atom. The zero-order valence-electron chi connectivity index (χ0n) is 16.9. The van der Waals surface area contributed by atoms with E-state index in [1.165, 1.54) is 0 Å². The molecule has 0 spiro atoms. The number of ether oxygens (including phenoxy) is 3. The molecule has 0 saturated heterocycles. The van der Waals surface area contributed by atoms with E-state index in [-0.39, 0.29) is 0 Å². The van der Waals surface area contributed by atoms with E-state index >= 15 is 0 Å². The van der Waals surface area contributed by atoms with Crippen molar-refractivity contribution in [1.82, 2.24) is 0 Å². The summed E-state index contributed by atoms with van der Waals surface area (Å²) < 4.78 is 16.9. The lowest BCUT2D eigenvalue weighted by atomic mass is 10.0. The molecule has 0 saturated carbocycles. The van der Waals surface area contributed by atoms with Gasteiger partial charge in [0.1, 0.15) is 12.4 Å². The molecule has 30 heavy (non-hydrogen) atoms. The van der Waals surface area contributed by atoms with Crippen LogP contribution in [0.5, 0.6) is 17.2 Å². The largest absolute Gasteiger partial charge is 0.497 e. The van der Waals surface area contributed by atoms with Gasteiger partial charge in [0.25, 0.3) is 0 Å². The predicted octanol–water partition coefficient (Wildman–Crippen LogP) is 6.39. The number of halogens is 1. The standard InChI is InChI=1S/C25H22ClNO3/c1-3-29-25-15-19(14-21(16-27)20-7-11-23(28-2)12-8-20)6-13-24(25)30-17-18-4-9-22(26)10-5-18/h4-15H,3,17H2,1-2H3/b21-14+. The van der Waals surface area contributed by atoms with Crippen molar-refractivity contribution in [2.24, 2.45) is 0 Å². The van der Waals surface area contributed by atoms with Gasteiger partial charge in [-0.1, -0.05) is 29.8 Å². The number of rotatable bonds is 8. The smallest absolute Gasteiger partial charge is 0.161 e. The second-order valence-electron chi connectivity index (χ2n) is 6.45. The highest BCUT2D eigenvalue weighted by atomic mass is 35.5. The zero-order valence-corrected chi connectivity index (χ0v) is 17.6. The Kier molecular flexibility index (Phi) is 7.37. The van der Waals surface area contributed by atoms with Crippen LogP contribution in [0, 0.1) is 11.3 Å². The minimum atomic E-state index is 0.404. The molecular weight excluding hydrogens is 398 g/mol. The number of nitrogens with zero attached hydrogens (tertiary/aromatic N) is 1. The van der Waals surface area contributed by atoms with Gasteiger partial charge in [0.05, 0.1) is 25.4 Å². The number of hydrogen-bond acceptors (Lipinski definition) is 4. The van der Waals surface area contributed by atoms with Crippen molar-refractivity contribution < 1.29 is 14.2 Å². The van der Waals surface area contributed by atoms with E-state index in [4.69, 9.17) is 25.8 Å². The first-order valence-electron chi connectivity index (χ1n) is 9.53. The van der Waals surface area contributed by atoms with Crippen molar-refractivity contribution in [3.63, 3.8) is 0 Å². The van der Waals surface area contributed by atoms with E-state index in [0.717, 1.165) is 22.4 Å². The molecule has 0 unspecified atom stereocenters. The summed E-state index contributed by atoms with van der Waals surface area (Å²) >= 11 is 5.93. The lowest BCUT2D eigenvalue weighted by Gasteiger charge is -2.13. The molecule has 0 radical (unpaired) electrons. The maximum atomic E-state index is 9.61. The number of benzene rings is 3. The SMILES string of the molecule is CCOc1cc(/C=C(\C#N)c2ccc(OC)cc2)ccc1OCc1ccc(Cl)cc1. The summed E-state index contributed by atoms with van der Waals surface area (Å²) in [5.74, 6) is 2.02. The van der Waals surface area contributed by atoms with Crippen molar-refractivity contribution in [1.29, 1.82) is 5.26 Å². The van der Waals surface area contributed by atoms with E-state index in [0.29, 0.717) is 35.3 Å². The highest BCUT2D eigenvalue weighted by Gasteiger charge is 2.08. The Morgan fingerprint density at radius 3 is 2.33 bits per heavy atom. The fourth-order valence-corrected chi connectivity index (χ4v) is 2.99. The molecule has 152 valence electrons. The van der Waals surface area contributed by atoms with Gasteiger partial charge in [0, 0.05) is 5.02 Å². The second-order valence-corrected chi connectivity index (χ2v) is 6.89. The molecule has 3 aromatic carbocycles. The lowest BCUT2D eigenvalue weighted by Crippen LogP contribution is -2.00. The minimum absolute atomic E-state index is 0.404. The molecule has 3 rings (SSSR count). The minimum Gasteiger partial charge on any atom is -0.497 e. The highest BCUT2D eigenvalue weighted by Crippen LogP contribution is 2.31. The zero-order chi connectivity index (χ0) is 21.3. The van der Waals surface area contributed by atoms with Crippen LogP contribution < -0.4 is 14.2 Å². The van der Waals surface area contributed by atoms with Crippen LogP contribution in [0.3, 0.4) is 0 Å². The maximum Gasteiger partial charge on any atom is 0.161 e. The summed E-state index contributed by atoms with van der Waals surface area (Å²) in [6, 6.07) is 22.8. The number of nitriles is 1. The molecule has 5 heteroatoms. The summed E-state index contributed by atoms with van der Waals surface area (Å²) in [6.45, 7) is 2.83. The summed E-state index contributed by atoms with van der Waals surface area (Å²) in [6.07, 6.45) is 1.83. The molecule has 0 amide bonds. The molecule has 4 nitrogen and oxygen atoms in total. The summed E-state index contributed by atoms with van der Waals surface area (Å²) in [4.78, 5) is 0. The van der Waals surface area contributed by atoms with Crippen LogP contribution >= 0.6 is 11.6 Å². The first-order chi connectivity index (χ1) is 14.6. The van der Waals surface area contributed by atoms with Crippen LogP contribution in [-0.2, 0) is 6.61 Å². The first-order valence-corrected chi connectivity index (χ1v) is 9.91. The maximum absolute atomic E-state index is 9.61. The van der Waals surface area contributed by atoms with E-state index in [2.05, 4.69) is 6.07 Å². The Morgan fingerprint density at radius 2 is 1.70 bits per heavy atom. The molecule has 0 N–H and O–H groups in total. The summed E-state index contributed by atoms with van der Waals surface area (Å²) in [5, 5.41) is 10.3. The predicted molar refractivity (Wildman–Crippen MR) is 120 cm³/mol. The first kappa shape index (κ1) is 21.3. The van der Waals surface area contributed by atoms with Gasteiger partial charge in [-0.25, -0.2) is 0 Å². The van der Waals surface area contributed by atoms with Crippen LogP contribution in [-0.4, -0.2) is 13.7 Å². The summed E-state index contributed by atoms with van der Waals surface area (Å²) in [7, 11) is 1.61. The third kappa shape index (κ3) is 5.56. The number of allylic oxidation sites excluding steroid dienone is 1. The Bertz CT molecular complexity index is 1050. The van der Waals surface area contributed by atoms with Crippen molar-refractivity contribution in [3.8, 4) is 23.3 Å². The molecule has 0 bridgehead atoms. The molecular formula is C25H22ClNO3. The lowest BCUT2D eigenvalue weighted by molar-refractivity contribution is 0.269. The molecule has 0 aliphatic rings. The van der Waals surface area contributed by atoms with Gasteiger partial charge in [0.2, 0.25) is 0 Å². The van der Waals surface area contributed by atoms with Crippen LogP contribution in [0.15, 0.2) is 66.7 Å². The molecule has 3 aromatic rings. The van der Waals surface area contributed by atoms with Crippen molar-refractivity contribution in [3.05, 3.63) is 88.4 Å². The fourth-order valence-electron chi connectivity index (χ4n) is 2.86. The van der Waals surface area contributed by atoms with Crippen LogP contribution in [0.25, 0.3) is 11.6 Å². The monoisotopic (exact) mass is 419 g/mol. The van der Waals surface area contributed by atoms with Crippen LogP contribution in [0.4, 0.5) is 0 Å². The molecule has 0 fully saturated rings. The summed E-state index contributed by atoms with van der Waals surface area (Å²) in [5.41, 5.74) is 3.23. The van der Waals surface area contributed by atoms with E-state index in [9.17, 15) is 5.26 Å². The van der Waals surface area contributed by atoms with E-state index in [1.54, 1.807) is 7.11 Å². The van der Waals surface area contributed by atoms with Gasteiger partial charge < -0.3 is 14.2 Å². The van der Waals surface area contributed by atoms with Gasteiger partial charge in [-0.15, -0.1) is 0 Å². The van der Waals surface area contributed by atoms with Crippen molar-refractivity contribution in [2.45, 2.75) is 13.5 Å². The molecule has 0 aliphatic carbocycles. The quantitative estimate of drug-likeness (QED) is 0.313. The average molecular weight is 420 g/mol. The molecule has 0 heterocycles. The molecule has 0 aromatic heterocycles. The van der Waals surface area contributed by atoms with Gasteiger partial charge in [-0.2, -0.15) is 5.26 Å². The number of hydrogen-bond donors (Lipinski definition) is 0. The van der Waals surface area contributed by atoms with Crippen LogP contribution in [0.2, 0.25) is 5.02 Å². The van der Waals surface area contributed by atoms with Gasteiger partial charge in [-0.3, -0.25) is 0 Å². The Labute approximate surface area is 181 Å². The Balaban J connectivity index is 1.82. The third-order valence-corrected chi connectivity index (χ3v) is 4.66. The van der Waals surface area contributed by atoms with Crippen molar-refractivity contribution in [2.75, 3.05) is 13.7 Å². The topological polar surface area (TPSA) is 51.5 Å². The van der Waals surface area contributed by atoms with E-state index < -0.39 is 0 Å². The normalized spacial score (nSPS) is 10.9. The number of methoxy groups -OCH3 is 1. The second kappa shape index (κ2) is 10.4. The average Bonchev–Trinajstić information content (AvgIpc) is 2.78. The van der Waals surface area contributed by atoms with E-state index in [1.807, 2.05) is 79.7 Å². The van der Waals surface area contributed by atoms with Crippen LogP contribution in [0.1, 0.15) is 23.6 Å². The molecule has 0 atom stereocenters. The van der Waals surface area contributed by atoms with Crippen molar-refractivity contribution >= 4 is 23.3 Å². The van der Waals surface area contributed by atoms with Gasteiger partial charge in [0.15, 0.2) is 11.5 Å². The molecule has 0 aliphatic heterocycles.